The van der Waals surface area contributed by atoms with E-state index in [9.17, 15) is 4.39 Å². The summed E-state index contributed by atoms with van der Waals surface area (Å²) in [7, 11) is -2.04. The lowest BCUT2D eigenvalue weighted by Gasteiger charge is -2.28. The molecule has 4 aromatic rings. The highest BCUT2D eigenvalue weighted by molar-refractivity contribution is 8.93. The summed E-state index contributed by atoms with van der Waals surface area (Å²) in [6.45, 7) is 0. The molecule has 0 saturated carbocycles. The normalized spacial score (nSPS) is 10.9. The second kappa shape index (κ2) is 9.28. The van der Waals surface area contributed by atoms with Crippen LogP contribution in [0, 0.1) is 5.82 Å². The molecule has 0 fully saturated rings. The summed E-state index contributed by atoms with van der Waals surface area (Å²) in [5.41, 5.74) is 0.766. The first-order valence-corrected chi connectivity index (χ1v) is 11.1. The van der Waals surface area contributed by atoms with Gasteiger partial charge in [0.25, 0.3) is 0 Å². The van der Waals surface area contributed by atoms with E-state index in [0.29, 0.717) is 6.16 Å². The van der Waals surface area contributed by atoms with Gasteiger partial charge in [-0.15, -0.1) is 17.0 Å². The van der Waals surface area contributed by atoms with Crippen LogP contribution in [0.15, 0.2) is 115 Å². The average molecular weight is 452 g/mol. The van der Waals surface area contributed by atoms with Crippen molar-refractivity contribution in [2.75, 3.05) is 0 Å². The predicted molar refractivity (Wildman–Crippen MR) is 126 cm³/mol. The lowest BCUT2D eigenvalue weighted by molar-refractivity contribution is 0.617. The zero-order chi connectivity index (χ0) is 18.5. The van der Waals surface area contributed by atoms with Gasteiger partial charge in [-0.05, 0) is 42.5 Å². The van der Waals surface area contributed by atoms with Crippen molar-refractivity contribution in [3.05, 3.63) is 127 Å². The molecule has 0 saturated heterocycles. The molecule has 0 unspecified atom stereocenters. The molecular weight excluding hydrogens is 430 g/mol. The Bertz CT molecular complexity index is 907. The van der Waals surface area contributed by atoms with Crippen molar-refractivity contribution in [2.24, 2.45) is 0 Å². The summed E-state index contributed by atoms with van der Waals surface area (Å²) >= 11 is 0. The molecule has 0 bridgehead atoms. The zero-order valence-electron chi connectivity index (χ0n) is 15.4. The maximum Gasteiger partial charge on any atom is 0.130 e. The monoisotopic (exact) mass is 451 g/mol. The Morgan fingerprint density at radius 1 is 0.500 bits per heavy atom. The first-order valence-electron chi connectivity index (χ1n) is 9.09. The Morgan fingerprint density at radius 3 is 1.25 bits per heavy atom. The van der Waals surface area contributed by atoms with Crippen LogP contribution >= 0.6 is 24.2 Å². The number of benzene rings is 4. The molecule has 0 aromatic heterocycles. The molecule has 0 spiro atoms. The van der Waals surface area contributed by atoms with Gasteiger partial charge in [0.2, 0.25) is 0 Å². The van der Waals surface area contributed by atoms with Crippen LogP contribution in [0.25, 0.3) is 0 Å². The molecular formula is C25H22BrFP+. The van der Waals surface area contributed by atoms with E-state index >= 15 is 0 Å². The predicted octanol–water partition coefficient (Wildman–Crippen LogP) is 5.90. The van der Waals surface area contributed by atoms with Gasteiger partial charge >= 0.3 is 0 Å². The van der Waals surface area contributed by atoms with Crippen LogP contribution in [0.1, 0.15) is 5.56 Å². The Labute approximate surface area is 177 Å². The van der Waals surface area contributed by atoms with Crippen LogP contribution < -0.4 is 15.9 Å². The van der Waals surface area contributed by atoms with Gasteiger partial charge in [-0.3, -0.25) is 0 Å². The zero-order valence-corrected chi connectivity index (χ0v) is 18.0. The summed E-state index contributed by atoms with van der Waals surface area (Å²) in [5, 5.41) is 3.81. The van der Waals surface area contributed by atoms with E-state index in [-0.39, 0.29) is 22.8 Å². The molecule has 0 aliphatic heterocycles. The Morgan fingerprint density at radius 2 is 0.857 bits per heavy atom. The molecule has 0 aliphatic rings. The fourth-order valence-electron chi connectivity index (χ4n) is 3.65. The third-order valence-electron chi connectivity index (χ3n) is 4.96. The van der Waals surface area contributed by atoms with Gasteiger partial charge in [0.1, 0.15) is 35.2 Å². The van der Waals surface area contributed by atoms with Crippen molar-refractivity contribution in [1.29, 1.82) is 0 Å². The summed E-state index contributed by atoms with van der Waals surface area (Å²) in [6, 6.07) is 38.9. The van der Waals surface area contributed by atoms with E-state index in [4.69, 9.17) is 0 Å². The Hall–Kier alpha value is -2.28. The number of rotatable bonds is 5. The van der Waals surface area contributed by atoms with Crippen LogP contribution in [-0.2, 0) is 6.16 Å². The van der Waals surface area contributed by atoms with Crippen LogP contribution in [0.2, 0.25) is 0 Å². The Kier molecular flexibility index (Phi) is 6.78. The largest absolute Gasteiger partial charge is 0.207 e. The highest BCUT2D eigenvalue weighted by atomic mass is 79.9. The van der Waals surface area contributed by atoms with Crippen molar-refractivity contribution in [3.8, 4) is 0 Å². The van der Waals surface area contributed by atoms with Crippen molar-refractivity contribution in [2.45, 2.75) is 6.16 Å². The van der Waals surface area contributed by atoms with Crippen molar-refractivity contribution in [1.82, 2.24) is 0 Å². The SMILES string of the molecule is Br.Fc1ccccc1C[P+](c1ccccc1)(c1ccccc1)c1ccccc1. The van der Waals surface area contributed by atoms with Gasteiger partial charge in [-0.2, -0.15) is 0 Å². The molecule has 140 valence electrons. The second-order valence-electron chi connectivity index (χ2n) is 6.57. The summed E-state index contributed by atoms with van der Waals surface area (Å²) < 4.78 is 14.7. The van der Waals surface area contributed by atoms with Crippen LogP contribution in [0.3, 0.4) is 0 Å². The summed E-state index contributed by atoms with van der Waals surface area (Å²) in [4.78, 5) is 0. The van der Waals surface area contributed by atoms with E-state index in [2.05, 4.69) is 72.8 Å². The quantitative estimate of drug-likeness (QED) is 0.331. The fourth-order valence-corrected chi connectivity index (χ4v) is 7.90. The van der Waals surface area contributed by atoms with Crippen molar-refractivity contribution in [3.63, 3.8) is 0 Å². The molecule has 4 rings (SSSR count). The van der Waals surface area contributed by atoms with Gasteiger partial charge in [0.05, 0.1) is 0 Å². The minimum Gasteiger partial charge on any atom is -0.207 e. The maximum absolute atomic E-state index is 14.7. The fraction of sp³-hybridized carbons (Fsp3) is 0.0400. The van der Waals surface area contributed by atoms with Gasteiger partial charge in [0.15, 0.2) is 0 Å². The topological polar surface area (TPSA) is 0 Å². The molecule has 0 nitrogen and oxygen atoms in total. The summed E-state index contributed by atoms with van der Waals surface area (Å²) in [5.74, 6) is -0.135. The Balaban J connectivity index is 0.00000225. The smallest absolute Gasteiger partial charge is 0.130 e. The van der Waals surface area contributed by atoms with Crippen LogP contribution in [-0.4, -0.2) is 0 Å². The van der Waals surface area contributed by atoms with Crippen LogP contribution in [0.4, 0.5) is 4.39 Å². The molecule has 0 amide bonds. The highest BCUT2D eigenvalue weighted by Crippen LogP contribution is 2.58. The molecule has 0 atom stereocenters. The number of hydrogen-bond donors (Lipinski definition) is 0. The second-order valence-corrected chi connectivity index (χ2v) is 10.1. The first kappa shape index (κ1) is 20.5. The molecule has 0 heterocycles. The van der Waals surface area contributed by atoms with Crippen molar-refractivity contribution >= 4 is 40.2 Å². The third kappa shape index (κ3) is 3.94. The van der Waals surface area contributed by atoms with E-state index in [1.165, 1.54) is 15.9 Å². The highest BCUT2D eigenvalue weighted by Gasteiger charge is 2.45. The molecule has 0 radical (unpaired) electrons. The van der Waals surface area contributed by atoms with E-state index in [1.54, 1.807) is 12.1 Å². The molecule has 28 heavy (non-hydrogen) atoms. The van der Waals surface area contributed by atoms with Crippen molar-refractivity contribution < 1.29 is 4.39 Å². The number of halogens is 2. The molecule has 4 aromatic carbocycles. The van der Waals surface area contributed by atoms with E-state index < -0.39 is 7.26 Å². The molecule has 0 aliphatic carbocycles. The van der Waals surface area contributed by atoms with E-state index in [0.717, 1.165) is 5.56 Å². The van der Waals surface area contributed by atoms with Crippen LogP contribution in [0.5, 0.6) is 0 Å². The van der Waals surface area contributed by atoms with Gasteiger partial charge in [-0.25, -0.2) is 4.39 Å². The minimum atomic E-state index is -2.04. The maximum atomic E-state index is 14.7. The molecule has 0 N–H and O–H groups in total. The van der Waals surface area contributed by atoms with Gasteiger partial charge in [-0.1, -0.05) is 72.8 Å². The van der Waals surface area contributed by atoms with Gasteiger partial charge in [0, 0.05) is 5.56 Å². The lowest BCUT2D eigenvalue weighted by Crippen LogP contribution is -2.32. The lowest BCUT2D eigenvalue weighted by atomic mass is 10.2. The van der Waals surface area contributed by atoms with E-state index in [1.807, 2.05) is 30.3 Å². The first-order chi connectivity index (χ1) is 13.3. The minimum absolute atomic E-state index is 0. The standard InChI is InChI=1S/C25H21FP.BrH/c26-25-19-11-10-12-21(25)20-27(22-13-4-1-5-14-22,23-15-6-2-7-16-23)24-17-8-3-9-18-24;/h1-19H,20H2;1H/q+1;. The number of hydrogen-bond acceptors (Lipinski definition) is 0. The molecule has 3 heteroatoms. The summed E-state index contributed by atoms with van der Waals surface area (Å²) in [6.07, 6.45) is 0.664. The average Bonchev–Trinajstić information content (AvgIpc) is 2.75. The van der Waals surface area contributed by atoms with Gasteiger partial charge < -0.3 is 0 Å². The third-order valence-corrected chi connectivity index (χ3v) is 9.31.